The molecule has 1 heteroatoms. The van der Waals surface area contributed by atoms with E-state index in [1.54, 1.807) is 0 Å². The third-order valence-corrected chi connectivity index (χ3v) is 5.96. The van der Waals surface area contributed by atoms with Gasteiger partial charge < -0.3 is 0 Å². The van der Waals surface area contributed by atoms with E-state index in [1.807, 2.05) is 0 Å². The Labute approximate surface area is 134 Å². The Morgan fingerprint density at radius 1 is 0.864 bits per heavy atom. The fourth-order valence-corrected chi connectivity index (χ4v) is 4.75. The van der Waals surface area contributed by atoms with Crippen molar-refractivity contribution < 1.29 is 0 Å². The van der Waals surface area contributed by atoms with Gasteiger partial charge in [-0.25, -0.2) is 0 Å². The number of likely N-dealkylation sites (N-methyl/N-ethyl adjacent to an activating group) is 1. The lowest BCUT2D eigenvalue weighted by molar-refractivity contribution is 0.137. The van der Waals surface area contributed by atoms with Gasteiger partial charge >= 0.3 is 0 Å². The molecule has 0 amide bonds. The monoisotopic (exact) mass is 291 g/mol. The van der Waals surface area contributed by atoms with Crippen molar-refractivity contribution in [1.82, 2.24) is 4.90 Å². The number of aryl methyl sites for hydroxylation is 1. The minimum Gasteiger partial charge on any atom is -0.300 e. The van der Waals surface area contributed by atoms with Crippen molar-refractivity contribution in [2.24, 2.45) is 0 Å². The van der Waals surface area contributed by atoms with Gasteiger partial charge in [-0.2, -0.15) is 0 Å². The molecule has 22 heavy (non-hydrogen) atoms. The molecular weight excluding hydrogens is 266 g/mol. The molecule has 0 unspecified atom stereocenters. The van der Waals surface area contributed by atoms with Gasteiger partial charge in [0.15, 0.2) is 0 Å². The fourth-order valence-electron chi connectivity index (χ4n) is 4.75. The van der Waals surface area contributed by atoms with Gasteiger partial charge in [-0.3, -0.25) is 4.90 Å². The van der Waals surface area contributed by atoms with E-state index >= 15 is 0 Å². The third kappa shape index (κ3) is 2.28. The van der Waals surface area contributed by atoms with Crippen LogP contribution in [-0.2, 0) is 0 Å². The maximum atomic E-state index is 2.66. The van der Waals surface area contributed by atoms with Crippen LogP contribution in [0.5, 0.6) is 0 Å². The number of benzene rings is 2. The van der Waals surface area contributed by atoms with Crippen molar-refractivity contribution in [2.75, 3.05) is 7.05 Å². The number of nitrogens with zero attached hydrogens (tertiary/aromatic N) is 1. The second-order valence-electron chi connectivity index (χ2n) is 7.15. The molecular formula is C21H25N. The normalized spacial score (nSPS) is 31.4. The Hall–Kier alpha value is -1.60. The summed E-state index contributed by atoms with van der Waals surface area (Å²) in [6.45, 7) is 2.18. The number of hydrogen-bond donors (Lipinski definition) is 0. The summed E-state index contributed by atoms with van der Waals surface area (Å²) < 4.78 is 0. The van der Waals surface area contributed by atoms with Gasteiger partial charge in [-0.05, 0) is 50.3 Å². The van der Waals surface area contributed by atoms with E-state index < -0.39 is 0 Å². The topological polar surface area (TPSA) is 3.24 Å². The van der Waals surface area contributed by atoms with Crippen LogP contribution < -0.4 is 0 Å². The summed E-state index contributed by atoms with van der Waals surface area (Å²) in [4.78, 5) is 2.66. The lowest BCUT2D eigenvalue weighted by atomic mass is 9.73. The molecule has 2 aliphatic heterocycles. The molecule has 0 N–H and O–H groups in total. The Bertz CT molecular complexity index is 631. The molecule has 4 rings (SSSR count). The number of fused-ring (bicyclic) bond motifs is 2. The van der Waals surface area contributed by atoms with Crippen LogP contribution in [0.2, 0.25) is 0 Å². The SMILES string of the molecule is Cc1ccc([C@H]2[C@@H](c3ccccc3)C[C@@H]3CC[C@H]2N3C)cc1. The maximum Gasteiger partial charge on any atom is 0.0170 e. The van der Waals surface area contributed by atoms with Gasteiger partial charge in [-0.1, -0.05) is 60.2 Å². The summed E-state index contributed by atoms with van der Waals surface area (Å²) in [6, 6.07) is 21.9. The van der Waals surface area contributed by atoms with Crippen molar-refractivity contribution in [1.29, 1.82) is 0 Å². The number of rotatable bonds is 2. The standard InChI is InChI=1S/C21H25N/c1-15-8-10-17(11-9-15)21-19(16-6-4-3-5-7-16)14-18-12-13-20(21)22(18)2/h3-11,18-21H,12-14H2,1-2H3/t18-,19+,20+,21-/m0/s1. The lowest BCUT2D eigenvalue weighted by Crippen LogP contribution is -2.44. The first kappa shape index (κ1) is 14.0. The zero-order valence-electron chi connectivity index (χ0n) is 13.6. The van der Waals surface area contributed by atoms with Gasteiger partial charge in [0.05, 0.1) is 0 Å². The second-order valence-corrected chi connectivity index (χ2v) is 7.15. The summed E-state index contributed by atoms with van der Waals surface area (Å²) in [7, 11) is 2.34. The molecule has 4 atom stereocenters. The van der Waals surface area contributed by atoms with Crippen LogP contribution in [0.15, 0.2) is 54.6 Å². The fraction of sp³-hybridized carbons (Fsp3) is 0.429. The van der Waals surface area contributed by atoms with Crippen LogP contribution in [0.4, 0.5) is 0 Å². The minimum absolute atomic E-state index is 0.631. The van der Waals surface area contributed by atoms with Gasteiger partial charge in [0, 0.05) is 18.0 Å². The average molecular weight is 291 g/mol. The van der Waals surface area contributed by atoms with Crippen molar-refractivity contribution in [2.45, 2.75) is 50.1 Å². The van der Waals surface area contributed by atoms with E-state index in [-0.39, 0.29) is 0 Å². The maximum absolute atomic E-state index is 2.66. The largest absolute Gasteiger partial charge is 0.300 e. The van der Waals surface area contributed by atoms with Crippen molar-refractivity contribution in [3.8, 4) is 0 Å². The summed E-state index contributed by atoms with van der Waals surface area (Å²) in [5.41, 5.74) is 4.41. The van der Waals surface area contributed by atoms with Crippen LogP contribution >= 0.6 is 0 Å². The molecule has 2 saturated heterocycles. The van der Waals surface area contributed by atoms with Crippen molar-refractivity contribution in [3.05, 3.63) is 71.3 Å². The summed E-state index contributed by atoms with van der Waals surface area (Å²) >= 11 is 0. The lowest BCUT2D eigenvalue weighted by Gasteiger charge is -2.43. The predicted octanol–water partition coefficient (Wildman–Crippen LogP) is 4.73. The summed E-state index contributed by atoms with van der Waals surface area (Å²) in [6.07, 6.45) is 4.02. The highest BCUT2D eigenvalue weighted by atomic mass is 15.2. The highest BCUT2D eigenvalue weighted by Crippen LogP contribution is 2.50. The zero-order valence-corrected chi connectivity index (χ0v) is 13.6. The highest BCUT2D eigenvalue weighted by molar-refractivity contribution is 5.34. The van der Waals surface area contributed by atoms with E-state index in [0.29, 0.717) is 17.9 Å². The van der Waals surface area contributed by atoms with Gasteiger partial charge in [0.1, 0.15) is 0 Å². The van der Waals surface area contributed by atoms with E-state index in [0.717, 1.165) is 6.04 Å². The van der Waals surface area contributed by atoms with Gasteiger partial charge in [0.2, 0.25) is 0 Å². The first-order valence-electron chi connectivity index (χ1n) is 8.57. The van der Waals surface area contributed by atoms with Crippen LogP contribution in [0, 0.1) is 6.92 Å². The Morgan fingerprint density at radius 3 is 2.32 bits per heavy atom. The molecule has 0 spiro atoms. The molecule has 0 radical (unpaired) electrons. The average Bonchev–Trinajstić information content (AvgIpc) is 2.79. The Morgan fingerprint density at radius 2 is 1.59 bits per heavy atom. The molecule has 1 nitrogen and oxygen atoms in total. The molecule has 2 aromatic carbocycles. The molecule has 0 aliphatic carbocycles. The molecule has 114 valence electrons. The predicted molar refractivity (Wildman–Crippen MR) is 92.3 cm³/mol. The summed E-state index contributed by atoms with van der Waals surface area (Å²) in [5, 5.41) is 0. The van der Waals surface area contributed by atoms with E-state index in [4.69, 9.17) is 0 Å². The van der Waals surface area contributed by atoms with Crippen LogP contribution in [0.25, 0.3) is 0 Å². The zero-order chi connectivity index (χ0) is 15.1. The Balaban J connectivity index is 1.77. The van der Waals surface area contributed by atoms with E-state index in [9.17, 15) is 0 Å². The minimum atomic E-state index is 0.631. The third-order valence-electron chi connectivity index (χ3n) is 5.96. The number of piperidine rings is 1. The van der Waals surface area contributed by atoms with Gasteiger partial charge in [0.25, 0.3) is 0 Å². The van der Waals surface area contributed by atoms with Gasteiger partial charge in [-0.15, -0.1) is 0 Å². The first-order valence-corrected chi connectivity index (χ1v) is 8.57. The van der Waals surface area contributed by atoms with E-state index in [2.05, 4.69) is 73.5 Å². The smallest absolute Gasteiger partial charge is 0.0170 e. The van der Waals surface area contributed by atoms with Crippen LogP contribution in [0.3, 0.4) is 0 Å². The molecule has 0 saturated carbocycles. The molecule has 2 aromatic rings. The highest BCUT2D eigenvalue weighted by Gasteiger charge is 2.46. The van der Waals surface area contributed by atoms with Crippen molar-refractivity contribution in [3.63, 3.8) is 0 Å². The summed E-state index contributed by atoms with van der Waals surface area (Å²) in [5.74, 6) is 1.30. The molecule has 2 heterocycles. The van der Waals surface area contributed by atoms with Crippen molar-refractivity contribution >= 4 is 0 Å². The van der Waals surface area contributed by atoms with Crippen LogP contribution in [-0.4, -0.2) is 24.0 Å². The number of hydrogen-bond acceptors (Lipinski definition) is 1. The Kier molecular flexibility index (Phi) is 3.54. The van der Waals surface area contributed by atoms with Crippen LogP contribution in [0.1, 0.15) is 47.8 Å². The molecule has 2 aliphatic rings. The quantitative estimate of drug-likeness (QED) is 0.773. The molecule has 2 fully saturated rings. The molecule has 0 aromatic heterocycles. The first-order chi connectivity index (χ1) is 10.7. The second kappa shape index (κ2) is 5.55. The van der Waals surface area contributed by atoms with E-state index in [1.165, 1.54) is 36.0 Å². The molecule has 2 bridgehead atoms.